The van der Waals surface area contributed by atoms with Crippen LogP contribution in [0.2, 0.25) is 0 Å². The molecule has 0 saturated carbocycles. The summed E-state index contributed by atoms with van der Waals surface area (Å²) in [4.78, 5) is 19.4. The van der Waals surface area contributed by atoms with Gasteiger partial charge in [0.25, 0.3) is 5.91 Å². The molecular formula is C12H9BrFN3O. The van der Waals surface area contributed by atoms with E-state index in [0.29, 0.717) is 5.82 Å². The molecule has 0 saturated heterocycles. The van der Waals surface area contributed by atoms with E-state index in [4.69, 9.17) is 0 Å². The molecule has 0 aliphatic rings. The SMILES string of the molecule is Cc1cc(Br)cnc1NC(=O)c1cccc(F)n1. The van der Waals surface area contributed by atoms with E-state index in [1.807, 2.05) is 13.0 Å². The highest BCUT2D eigenvalue weighted by Crippen LogP contribution is 2.17. The Balaban J connectivity index is 2.21. The number of hydrogen-bond acceptors (Lipinski definition) is 3. The van der Waals surface area contributed by atoms with Crippen molar-refractivity contribution >= 4 is 27.7 Å². The lowest BCUT2D eigenvalue weighted by Gasteiger charge is -2.07. The third-order valence-corrected chi connectivity index (χ3v) is 2.66. The third kappa shape index (κ3) is 2.89. The van der Waals surface area contributed by atoms with Crippen LogP contribution in [0.15, 0.2) is 34.9 Å². The number of carbonyl (C=O) groups excluding carboxylic acids is 1. The molecule has 0 atom stereocenters. The van der Waals surface area contributed by atoms with Gasteiger partial charge in [0, 0.05) is 10.7 Å². The second-order valence-corrected chi connectivity index (χ2v) is 4.53. The summed E-state index contributed by atoms with van der Waals surface area (Å²) in [5.74, 6) is -0.759. The minimum Gasteiger partial charge on any atom is -0.305 e. The van der Waals surface area contributed by atoms with Crippen LogP contribution in [-0.2, 0) is 0 Å². The van der Waals surface area contributed by atoms with Crippen molar-refractivity contribution in [1.82, 2.24) is 9.97 Å². The average molecular weight is 310 g/mol. The molecule has 0 spiro atoms. The monoisotopic (exact) mass is 309 g/mol. The summed E-state index contributed by atoms with van der Waals surface area (Å²) in [6.45, 7) is 1.81. The molecule has 0 fully saturated rings. The van der Waals surface area contributed by atoms with Gasteiger partial charge in [-0.3, -0.25) is 4.79 Å². The molecule has 1 amide bonds. The molecule has 2 rings (SSSR count). The molecule has 2 heterocycles. The summed E-state index contributed by atoms with van der Waals surface area (Å²) in [6.07, 6.45) is 1.57. The van der Waals surface area contributed by atoms with Gasteiger partial charge in [-0.05, 0) is 46.6 Å². The summed E-state index contributed by atoms with van der Waals surface area (Å²) in [5.41, 5.74) is 0.813. The largest absolute Gasteiger partial charge is 0.305 e. The van der Waals surface area contributed by atoms with Gasteiger partial charge in [0.1, 0.15) is 11.5 Å². The maximum Gasteiger partial charge on any atom is 0.275 e. The Morgan fingerprint density at radius 3 is 2.89 bits per heavy atom. The smallest absolute Gasteiger partial charge is 0.275 e. The minimum atomic E-state index is -0.692. The molecule has 1 N–H and O–H groups in total. The highest BCUT2D eigenvalue weighted by atomic mass is 79.9. The van der Waals surface area contributed by atoms with E-state index in [0.717, 1.165) is 10.0 Å². The Morgan fingerprint density at radius 1 is 1.44 bits per heavy atom. The standard InChI is InChI=1S/C12H9BrFN3O/c1-7-5-8(13)6-15-11(7)17-12(18)9-3-2-4-10(14)16-9/h2-6H,1H3,(H,15,17,18). The van der Waals surface area contributed by atoms with Crippen LogP contribution in [0.4, 0.5) is 10.2 Å². The van der Waals surface area contributed by atoms with Crippen LogP contribution in [0, 0.1) is 12.9 Å². The lowest BCUT2D eigenvalue weighted by atomic mass is 10.3. The minimum absolute atomic E-state index is 0.0131. The Labute approximate surface area is 111 Å². The van der Waals surface area contributed by atoms with Gasteiger partial charge in [0.2, 0.25) is 5.95 Å². The van der Waals surface area contributed by atoms with Gasteiger partial charge >= 0.3 is 0 Å². The van der Waals surface area contributed by atoms with Crippen molar-refractivity contribution in [2.24, 2.45) is 0 Å². The van der Waals surface area contributed by atoms with Crippen LogP contribution in [0.1, 0.15) is 16.1 Å². The van der Waals surface area contributed by atoms with Gasteiger partial charge < -0.3 is 5.32 Å². The van der Waals surface area contributed by atoms with Crippen LogP contribution in [0.25, 0.3) is 0 Å². The van der Waals surface area contributed by atoms with E-state index in [9.17, 15) is 9.18 Å². The van der Waals surface area contributed by atoms with Crippen molar-refractivity contribution in [2.75, 3.05) is 5.32 Å². The van der Waals surface area contributed by atoms with E-state index in [1.165, 1.54) is 18.2 Å². The molecule has 2 aromatic heterocycles. The van der Waals surface area contributed by atoms with E-state index >= 15 is 0 Å². The Kier molecular flexibility index (Phi) is 3.66. The number of nitrogens with zero attached hydrogens (tertiary/aromatic N) is 2. The van der Waals surface area contributed by atoms with Crippen molar-refractivity contribution < 1.29 is 9.18 Å². The van der Waals surface area contributed by atoms with Gasteiger partial charge in [0.15, 0.2) is 0 Å². The summed E-state index contributed by atoms with van der Waals surface area (Å²) in [6, 6.07) is 5.87. The summed E-state index contributed by atoms with van der Waals surface area (Å²) in [7, 11) is 0. The van der Waals surface area contributed by atoms with E-state index < -0.39 is 11.9 Å². The first-order valence-electron chi connectivity index (χ1n) is 5.12. The van der Waals surface area contributed by atoms with Crippen LogP contribution in [0.5, 0.6) is 0 Å². The third-order valence-electron chi connectivity index (χ3n) is 2.22. The maximum atomic E-state index is 12.9. The van der Waals surface area contributed by atoms with E-state index in [2.05, 4.69) is 31.2 Å². The first-order chi connectivity index (χ1) is 8.56. The quantitative estimate of drug-likeness (QED) is 0.868. The van der Waals surface area contributed by atoms with Crippen molar-refractivity contribution in [3.63, 3.8) is 0 Å². The zero-order chi connectivity index (χ0) is 13.1. The number of amides is 1. The first-order valence-corrected chi connectivity index (χ1v) is 5.91. The summed E-state index contributed by atoms with van der Waals surface area (Å²) in [5, 5.41) is 2.58. The van der Waals surface area contributed by atoms with Gasteiger partial charge in [-0.1, -0.05) is 6.07 Å². The fourth-order valence-electron chi connectivity index (χ4n) is 1.38. The summed E-state index contributed by atoms with van der Waals surface area (Å²) < 4.78 is 13.7. The molecule has 0 radical (unpaired) electrons. The highest BCUT2D eigenvalue weighted by Gasteiger charge is 2.10. The maximum absolute atomic E-state index is 12.9. The predicted octanol–water partition coefficient (Wildman–Crippen LogP) is 2.94. The van der Waals surface area contributed by atoms with E-state index in [-0.39, 0.29) is 5.69 Å². The number of rotatable bonds is 2. The predicted molar refractivity (Wildman–Crippen MR) is 68.8 cm³/mol. The van der Waals surface area contributed by atoms with Crippen molar-refractivity contribution in [3.05, 3.63) is 52.1 Å². The molecule has 0 aliphatic carbocycles. The van der Waals surface area contributed by atoms with Crippen LogP contribution >= 0.6 is 15.9 Å². The fraction of sp³-hybridized carbons (Fsp3) is 0.0833. The molecule has 4 nitrogen and oxygen atoms in total. The zero-order valence-electron chi connectivity index (χ0n) is 9.45. The number of anilines is 1. The average Bonchev–Trinajstić information content (AvgIpc) is 2.32. The molecule has 0 aliphatic heterocycles. The number of halogens is 2. The number of pyridine rings is 2. The topological polar surface area (TPSA) is 54.9 Å². The molecule has 0 aromatic carbocycles. The Morgan fingerprint density at radius 2 is 2.22 bits per heavy atom. The van der Waals surface area contributed by atoms with Gasteiger partial charge in [0.05, 0.1) is 0 Å². The molecule has 0 bridgehead atoms. The highest BCUT2D eigenvalue weighted by molar-refractivity contribution is 9.10. The lowest BCUT2D eigenvalue weighted by molar-refractivity contribution is 0.102. The van der Waals surface area contributed by atoms with Gasteiger partial charge in [-0.15, -0.1) is 0 Å². The van der Waals surface area contributed by atoms with E-state index in [1.54, 1.807) is 6.20 Å². The van der Waals surface area contributed by atoms with Gasteiger partial charge in [-0.25, -0.2) is 9.97 Å². The van der Waals surface area contributed by atoms with Crippen LogP contribution < -0.4 is 5.32 Å². The van der Waals surface area contributed by atoms with Crippen LogP contribution in [-0.4, -0.2) is 15.9 Å². The second kappa shape index (κ2) is 5.22. The number of nitrogens with one attached hydrogen (secondary N) is 1. The zero-order valence-corrected chi connectivity index (χ0v) is 11.0. The number of aromatic nitrogens is 2. The number of hydrogen-bond donors (Lipinski definition) is 1. The van der Waals surface area contributed by atoms with Crippen LogP contribution in [0.3, 0.4) is 0 Å². The molecular weight excluding hydrogens is 301 g/mol. The molecule has 2 aromatic rings. The molecule has 18 heavy (non-hydrogen) atoms. The molecule has 0 unspecified atom stereocenters. The normalized spacial score (nSPS) is 10.2. The van der Waals surface area contributed by atoms with Gasteiger partial charge in [-0.2, -0.15) is 4.39 Å². The Bertz CT molecular complexity index is 604. The van der Waals surface area contributed by atoms with Crippen molar-refractivity contribution in [2.45, 2.75) is 6.92 Å². The van der Waals surface area contributed by atoms with Crippen molar-refractivity contribution in [1.29, 1.82) is 0 Å². The molecule has 92 valence electrons. The van der Waals surface area contributed by atoms with Crippen molar-refractivity contribution in [3.8, 4) is 0 Å². The summed E-state index contributed by atoms with van der Waals surface area (Å²) >= 11 is 3.28. The number of aryl methyl sites for hydroxylation is 1. The fourth-order valence-corrected chi connectivity index (χ4v) is 1.82. The lowest BCUT2D eigenvalue weighted by Crippen LogP contribution is -2.15. The first kappa shape index (κ1) is 12.6. The second-order valence-electron chi connectivity index (χ2n) is 3.62. The Hall–Kier alpha value is -1.82. The molecule has 6 heteroatoms. The number of carbonyl (C=O) groups is 1.